The highest BCUT2D eigenvalue weighted by Crippen LogP contribution is 2.26. The molecule has 1 saturated carbocycles. The van der Waals surface area contributed by atoms with Crippen LogP contribution in [0.3, 0.4) is 0 Å². The predicted octanol–water partition coefficient (Wildman–Crippen LogP) is 5.93. The van der Waals surface area contributed by atoms with Gasteiger partial charge >= 0.3 is 11.9 Å². The van der Waals surface area contributed by atoms with Crippen LogP contribution in [-0.4, -0.2) is 54.0 Å². The maximum Gasteiger partial charge on any atom is 0.343 e. The summed E-state index contributed by atoms with van der Waals surface area (Å²) >= 11 is 0. The molecule has 0 aliphatic heterocycles. The van der Waals surface area contributed by atoms with Crippen molar-refractivity contribution < 1.29 is 38.6 Å². The van der Waals surface area contributed by atoms with Gasteiger partial charge in [-0.1, -0.05) is 57.6 Å². The Morgan fingerprint density at radius 2 is 1.43 bits per heavy atom. The maximum atomic E-state index is 13.1. The second-order valence-electron chi connectivity index (χ2n) is 12.2. The molecule has 4 N–H and O–H groups in total. The molecule has 11 heteroatoms. The third-order valence-electron chi connectivity index (χ3n) is 8.36. The zero-order chi connectivity index (χ0) is 35.0. The number of hydrogen-bond donors (Lipinski definition) is 4. The van der Waals surface area contributed by atoms with Crippen LogP contribution in [0.25, 0.3) is 0 Å². The highest BCUT2D eigenvalue weighted by Gasteiger charge is 2.24. The average Bonchev–Trinajstić information content (AvgIpc) is 3.65. The number of rotatable bonds is 18. The normalized spacial score (nSPS) is 13.2. The van der Waals surface area contributed by atoms with Gasteiger partial charge in [-0.3, -0.25) is 19.2 Å². The standard InChI is InChI=1S/C38H45N3O8/c1-2-3-4-5-8-23-48-31-21-15-29(16-22-31)38(47)49-32-19-11-26(12-20-32)24-33(37(46)39-25-34(42)43)41-36(45)28-13-17-30(18-14-28)40-35(44)27-9-6-7-10-27/h11-22,27,33H,2-10,23-25H2,1H3,(H,39,46)(H,40,44)(H,41,45)(H,42,43). The van der Waals surface area contributed by atoms with Crippen molar-refractivity contribution >= 4 is 35.3 Å². The van der Waals surface area contributed by atoms with E-state index in [0.29, 0.717) is 29.2 Å². The summed E-state index contributed by atoms with van der Waals surface area (Å²) in [6, 6.07) is 18.5. The molecule has 3 aromatic carbocycles. The highest BCUT2D eigenvalue weighted by molar-refractivity contribution is 5.99. The van der Waals surface area contributed by atoms with Crippen molar-refractivity contribution in [2.24, 2.45) is 5.92 Å². The van der Waals surface area contributed by atoms with Gasteiger partial charge in [-0.15, -0.1) is 0 Å². The number of benzene rings is 3. The molecule has 3 aromatic rings. The smallest absolute Gasteiger partial charge is 0.343 e. The molecule has 49 heavy (non-hydrogen) atoms. The molecule has 0 heterocycles. The Balaban J connectivity index is 1.32. The maximum absolute atomic E-state index is 13.1. The lowest BCUT2D eigenvalue weighted by Crippen LogP contribution is -2.49. The van der Waals surface area contributed by atoms with Gasteiger partial charge < -0.3 is 30.5 Å². The zero-order valence-corrected chi connectivity index (χ0v) is 27.9. The van der Waals surface area contributed by atoms with Gasteiger partial charge in [-0.25, -0.2) is 4.79 Å². The van der Waals surface area contributed by atoms with Crippen LogP contribution in [0.2, 0.25) is 0 Å². The molecule has 0 saturated heterocycles. The fraction of sp³-hybridized carbons (Fsp3) is 0.395. The van der Waals surface area contributed by atoms with Crippen LogP contribution in [0.15, 0.2) is 72.8 Å². The highest BCUT2D eigenvalue weighted by atomic mass is 16.5. The van der Waals surface area contributed by atoms with E-state index in [9.17, 15) is 24.0 Å². The van der Waals surface area contributed by atoms with E-state index in [1.165, 1.54) is 19.3 Å². The molecule has 1 unspecified atom stereocenters. The molecule has 260 valence electrons. The van der Waals surface area contributed by atoms with Crippen molar-refractivity contribution in [2.45, 2.75) is 77.2 Å². The molecule has 0 aromatic heterocycles. The van der Waals surface area contributed by atoms with Crippen molar-refractivity contribution in [1.29, 1.82) is 0 Å². The number of carbonyl (C=O) groups excluding carboxylic acids is 4. The molecule has 1 aliphatic rings. The molecule has 1 fully saturated rings. The minimum atomic E-state index is -1.22. The molecule has 4 rings (SSSR count). The van der Waals surface area contributed by atoms with Crippen LogP contribution < -0.4 is 25.4 Å². The van der Waals surface area contributed by atoms with E-state index in [-0.39, 0.29) is 29.6 Å². The number of esters is 1. The number of nitrogens with one attached hydrogen (secondary N) is 3. The number of hydrogen-bond acceptors (Lipinski definition) is 7. The number of carboxylic acid groups (broad SMARTS) is 1. The first-order valence-electron chi connectivity index (χ1n) is 17.0. The minimum absolute atomic E-state index is 0.00136. The first-order valence-corrected chi connectivity index (χ1v) is 17.0. The second-order valence-corrected chi connectivity index (χ2v) is 12.2. The molecule has 0 spiro atoms. The Morgan fingerprint density at radius 3 is 2.08 bits per heavy atom. The predicted molar refractivity (Wildman–Crippen MR) is 185 cm³/mol. The number of aliphatic carboxylic acids is 1. The summed E-state index contributed by atoms with van der Waals surface area (Å²) in [6.45, 7) is 2.19. The summed E-state index contributed by atoms with van der Waals surface area (Å²) < 4.78 is 11.3. The van der Waals surface area contributed by atoms with Crippen LogP contribution in [0.1, 0.15) is 91.0 Å². The van der Waals surface area contributed by atoms with Crippen molar-refractivity contribution in [2.75, 3.05) is 18.5 Å². The van der Waals surface area contributed by atoms with E-state index in [1.807, 2.05) is 0 Å². The number of ether oxygens (including phenoxy) is 2. The summed E-state index contributed by atoms with van der Waals surface area (Å²) in [5, 5.41) is 16.9. The molecule has 0 bridgehead atoms. The monoisotopic (exact) mass is 671 g/mol. The summed E-state index contributed by atoms with van der Waals surface area (Å²) in [4.78, 5) is 62.2. The van der Waals surface area contributed by atoms with Crippen LogP contribution >= 0.6 is 0 Å². The van der Waals surface area contributed by atoms with Gasteiger partial charge in [0.1, 0.15) is 24.1 Å². The molecule has 11 nitrogen and oxygen atoms in total. The van der Waals surface area contributed by atoms with Crippen molar-refractivity contribution in [3.8, 4) is 11.5 Å². The van der Waals surface area contributed by atoms with Crippen LogP contribution in [0.4, 0.5) is 5.69 Å². The van der Waals surface area contributed by atoms with Crippen LogP contribution in [0, 0.1) is 5.92 Å². The van der Waals surface area contributed by atoms with Gasteiger partial charge in [0.15, 0.2) is 0 Å². The first kappa shape index (κ1) is 36.6. The van der Waals surface area contributed by atoms with Crippen molar-refractivity contribution in [3.05, 3.63) is 89.5 Å². The Hall–Kier alpha value is -5.19. The number of carboxylic acids is 1. The fourth-order valence-electron chi connectivity index (χ4n) is 5.55. The van der Waals surface area contributed by atoms with Crippen molar-refractivity contribution in [3.63, 3.8) is 0 Å². The Morgan fingerprint density at radius 1 is 0.796 bits per heavy atom. The van der Waals surface area contributed by atoms with Gasteiger partial charge in [-0.2, -0.15) is 0 Å². The second kappa shape index (κ2) is 19.0. The summed E-state index contributed by atoms with van der Waals surface area (Å²) in [5.74, 6) is -2.03. The van der Waals surface area contributed by atoms with E-state index in [1.54, 1.807) is 72.8 Å². The van der Waals surface area contributed by atoms with Crippen molar-refractivity contribution in [1.82, 2.24) is 10.6 Å². The van der Waals surface area contributed by atoms with E-state index in [2.05, 4.69) is 22.9 Å². The molecule has 1 aliphatic carbocycles. The van der Waals surface area contributed by atoms with E-state index >= 15 is 0 Å². The van der Waals surface area contributed by atoms with Crippen LogP contribution in [-0.2, 0) is 20.8 Å². The van der Waals surface area contributed by atoms with Gasteiger partial charge in [-0.05, 0) is 85.5 Å². The summed E-state index contributed by atoms with van der Waals surface area (Å²) in [6.07, 6.45) is 9.60. The zero-order valence-electron chi connectivity index (χ0n) is 27.9. The first-order chi connectivity index (χ1) is 23.7. The lowest BCUT2D eigenvalue weighted by atomic mass is 10.0. The van der Waals surface area contributed by atoms with E-state index in [0.717, 1.165) is 38.5 Å². The number of amides is 3. The summed E-state index contributed by atoms with van der Waals surface area (Å²) in [7, 11) is 0. The topological polar surface area (TPSA) is 160 Å². The Kier molecular flexibility index (Phi) is 14.2. The Bertz CT molecular complexity index is 1550. The average molecular weight is 672 g/mol. The molecule has 1 atom stereocenters. The number of unbranched alkanes of at least 4 members (excludes halogenated alkanes) is 4. The van der Waals surface area contributed by atoms with Gasteiger partial charge in [0.05, 0.1) is 12.2 Å². The third kappa shape index (κ3) is 12.1. The van der Waals surface area contributed by atoms with Gasteiger partial charge in [0.25, 0.3) is 5.91 Å². The lowest BCUT2D eigenvalue weighted by molar-refractivity contribution is -0.138. The fourth-order valence-corrected chi connectivity index (χ4v) is 5.55. The Labute approximate surface area is 286 Å². The minimum Gasteiger partial charge on any atom is -0.494 e. The third-order valence-corrected chi connectivity index (χ3v) is 8.36. The summed E-state index contributed by atoms with van der Waals surface area (Å²) in [5.41, 5.74) is 1.83. The van der Waals surface area contributed by atoms with Gasteiger partial charge in [0.2, 0.25) is 11.8 Å². The largest absolute Gasteiger partial charge is 0.494 e. The molecular weight excluding hydrogens is 626 g/mol. The molecular formula is C38H45N3O8. The SMILES string of the molecule is CCCCCCCOc1ccc(C(=O)Oc2ccc(CC(NC(=O)c3ccc(NC(=O)C4CCCC4)cc3)C(=O)NCC(=O)O)cc2)cc1. The number of carbonyl (C=O) groups is 5. The van der Waals surface area contributed by atoms with Crippen LogP contribution in [0.5, 0.6) is 11.5 Å². The molecule has 0 radical (unpaired) electrons. The van der Waals surface area contributed by atoms with E-state index < -0.39 is 36.3 Å². The van der Waals surface area contributed by atoms with E-state index in [4.69, 9.17) is 14.6 Å². The quantitative estimate of drug-likeness (QED) is 0.0736. The number of anilines is 1. The lowest BCUT2D eigenvalue weighted by Gasteiger charge is -2.19. The molecule has 3 amide bonds. The van der Waals surface area contributed by atoms with Gasteiger partial charge in [0, 0.05) is 23.6 Å².